The zero-order chi connectivity index (χ0) is 18.8. The highest BCUT2D eigenvalue weighted by atomic mass is 35.5. The summed E-state index contributed by atoms with van der Waals surface area (Å²) in [7, 11) is 1.54. The van der Waals surface area contributed by atoms with Crippen LogP contribution in [-0.4, -0.2) is 28.0 Å². The van der Waals surface area contributed by atoms with Gasteiger partial charge in [0.1, 0.15) is 5.75 Å². The molecule has 1 N–H and O–H groups in total. The number of amides is 1. The molecule has 0 bridgehead atoms. The smallest absolute Gasteiger partial charge is 0.278 e. The molecule has 0 aliphatic carbocycles. The molecular weight excluding hydrogens is 352 g/mol. The van der Waals surface area contributed by atoms with E-state index in [0.29, 0.717) is 22.2 Å². The molecule has 3 aromatic rings. The predicted octanol–water partition coefficient (Wildman–Crippen LogP) is 4.11. The molecule has 1 amide bonds. The highest BCUT2D eigenvalue weighted by Crippen LogP contribution is 2.27. The normalized spacial score (nSPS) is 10.7. The maximum Gasteiger partial charge on any atom is 0.278 e. The molecule has 0 atom stereocenters. The van der Waals surface area contributed by atoms with E-state index in [-0.39, 0.29) is 11.6 Å². The van der Waals surface area contributed by atoms with Gasteiger partial charge in [-0.25, -0.2) is 0 Å². The summed E-state index contributed by atoms with van der Waals surface area (Å²) < 4.78 is 5.11. The molecule has 1 aromatic heterocycles. The third kappa shape index (κ3) is 3.55. The first-order chi connectivity index (χ1) is 12.4. The molecule has 0 saturated carbocycles. The largest absolute Gasteiger partial charge is 0.495 e. The number of nitrogens with zero attached hydrogens (tertiary/aromatic N) is 3. The lowest BCUT2D eigenvalue weighted by molar-refractivity contribution is 0.102. The first kappa shape index (κ1) is 17.9. The van der Waals surface area contributed by atoms with Crippen molar-refractivity contribution in [3.8, 4) is 11.4 Å². The molecule has 26 heavy (non-hydrogen) atoms. The van der Waals surface area contributed by atoms with Crippen molar-refractivity contribution in [2.45, 2.75) is 20.8 Å². The van der Waals surface area contributed by atoms with Crippen LogP contribution in [0.15, 0.2) is 36.4 Å². The average molecular weight is 371 g/mol. The van der Waals surface area contributed by atoms with E-state index < -0.39 is 0 Å². The summed E-state index contributed by atoms with van der Waals surface area (Å²) in [6, 6.07) is 11.0. The molecular formula is C19H19ClN4O2. The molecule has 1 heterocycles. The van der Waals surface area contributed by atoms with Crippen molar-refractivity contribution in [2.24, 2.45) is 0 Å². The number of benzene rings is 2. The Labute approximate surface area is 156 Å². The Morgan fingerprint density at radius 2 is 1.88 bits per heavy atom. The monoisotopic (exact) mass is 370 g/mol. The minimum Gasteiger partial charge on any atom is -0.495 e. The maximum atomic E-state index is 12.6. The van der Waals surface area contributed by atoms with Crippen LogP contribution >= 0.6 is 11.6 Å². The van der Waals surface area contributed by atoms with Crippen molar-refractivity contribution in [2.75, 3.05) is 12.4 Å². The molecule has 134 valence electrons. The van der Waals surface area contributed by atoms with Gasteiger partial charge in [-0.15, -0.1) is 5.10 Å². The number of rotatable bonds is 4. The Kier molecular flexibility index (Phi) is 4.95. The zero-order valence-electron chi connectivity index (χ0n) is 15.0. The number of anilines is 1. The van der Waals surface area contributed by atoms with Crippen LogP contribution in [0.2, 0.25) is 5.02 Å². The second-order valence-electron chi connectivity index (χ2n) is 6.02. The topological polar surface area (TPSA) is 69.0 Å². The lowest BCUT2D eigenvalue weighted by Gasteiger charge is -2.07. The van der Waals surface area contributed by atoms with Crippen molar-refractivity contribution in [3.05, 3.63) is 63.9 Å². The second-order valence-corrected chi connectivity index (χ2v) is 6.42. The van der Waals surface area contributed by atoms with Gasteiger partial charge in [0.15, 0.2) is 5.69 Å². The molecule has 2 aromatic carbocycles. The molecule has 0 saturated heterocycles. The third-order valence-corrected chi connectivity index (χ3v) is 4.27. The van der Waals surface area contributed by atoms with Crippen molar-refractivity contribution in [1.82, 2.24) is 15.0 Å². The fourth-order valence-electron chi connectivity index (χ4n) is 2.66. The minimum absolute atomic E-state index is 0.261. The van der Waals surface area contributed by atoms with Gasteiger partial charge in [0.2, 0.25) is 0 Å². The second kappa shape index (κ2) is 7.17. The van der Waals surface area contributed by atoms with Gasteiger partial charge in [0.05, 0.1) is 23.5 Å². The standard InChI is InChI=1S/C19H19ClN4O2/c1-11-5-7-16(12(2)9-11)24-22-13(3)18(23-24)19(25)21-14-6-8-17(26-4)15(20)10-14/h5-10H,1-4H3,(H,21,25). The number of aromatic nitrogens is 3. The highest BCUT2D eigenvalue weighted by molar-refractivity contribution is 6.32. The van der Waals surface area contributed by atoms with Gasteiger partial charge in [-0.3, -0.25) is 4.79 Å². The van der Waals surface area contributed by atoms with E-state index in [0.717, 1.165) is 16.8 Å². The summed E-state index contributed by atoms with van der Waals surface area (Å²) in [6.07, 6.45) is 0. The molecule has 0 aliphatic heterocycles. The molecule has 0 aliphatic rings. The summed E-state index contributed by atoms with van der Waals surface area (Å²) in [5, 5.41) is 11.9. The van der Waals surface area contributed by atoms with Gasteiger partial charge in [0.25, 0.3) is 5.91 Å². The van der Waals surface area contributed by atoms with Crippen LogP contribution in [0.4, 0.5) is 5.69 Å². The van der Waals surface area contributed by atoms with Crippen molar-refractivity contribution < 1.29 is 9.53 Å². The van der Waals surface area contributed by atoms with Crippen LogP contribution < -0.4 is 10.1 Å². The number of hydrogen-bond acceptors (Lipinski definition) is 4. The van der Waals surface area contributed by atoms with Gasteiger partial charge in [-0.05, 0) is 50.6 Å². The first-order valence-electron chi connectivity index (χ1n) is 8.05. The predicted molar refractivity (Wildman–Crippen MR) is 102 cm³/mol. The zero-order valence-corrected chi connectivity index (χ0v) is 15.8. The number of nitrogens with one attached hydrogen (secondary N) is 1. The van der Waals surface area contributed by atoms with Crippen LogP contribution in [0.25, 0.3) is 5.69 Å². The van der Waals surface area contributed by atoms with Gasteiger partial charge in [-0.1, -0.05) is 29.3 Å². The van der Waals surface area contributed by atoms with E-state index in [2.05, 4.69) is 15.5 Å². The van der Waals surface area contributed by atoms with Crippen LogP contribution in [0, 0.1) is 20.8 Å². The Hall–Kier alpha value is -2.86. The van der Waals surface area contributed by atoms with Crippen LogP contribution in [-0.2, 0) is 0 Å². The van der Waals surface area contributed by atoms with Crippen LogP contribution in [0.1, 0.15) is 27.3 Å². The number of carbonyl (C=O) groups is 1. The Bertz CT molecular complexity index is 982. The van der Waals surface area contributed by atoms with Crippen molar-refractivity contribution in [1.29, 1.82) is 0 Å². The number of ether oxygens (including phenoxy) is 1. The number of aryl methyl sites for hydroxylation is 3. The third-order valence-electron chi connectivity index (χ3n) is 3.97. The number of halogens is 1. The van der Waals surface area contributed by atoms with Gasteiger partial charge < -0.3 is 10.1 Å². The molecule has 0 radical (unpaired) electrons. The molecule has 0 spiro atoms. The summed E-state index contributed by atoms with van der Waals surface area (Å²) >= 11 is 6.10. The van der Waals surface area contributed by atoms with E-state index in [1.165, 1.54) is 11.9 Å². The van der Waals surface area contributed by atoms with Gasteiger partial charge >= 0.3 is 0 Å². The van der Waals surface area contributed by atoms with Crippen molar-refractivity contribution >= 4 is 23.2 Å². The summed E-state index contributed by atoms with van der Waals surface area (Å²) in [4.78, 5) is 14.1. The van der Waals surface area contributed by atoms with Gasteiger partial charge in [0, 0.05) is 5.69 Å². The Morgan fingerprint density at radius 3 is 2.54 bits per heavy atom. The molecule has 3 rings (SSSR count). The quantitative estimate of drug-likeness (QED) is 0.750. The number of methoxy groups -OCH3 is 1. The van der Waals surface area contributed by atoms with E-state index in [9.17, 15) is 4.79 Å². The fraction of sp³-hybridized carbons (Fsp3) is 0.211. The maximum absolute atomic E-state index is 12.6. The van der Waals surface area contributed by atoms with Crippen LogP contribution in [0.3, 0.4) is 0 Å². The van der Waals surface area contributed by atoms with E-state index in [1.54, 1.807) is 25.1 Å². The van der Waals surface area contributed by atoms with E-state index in [4.69, 9.17) is 16.3 Å². The molecule has 0 fully saturated rings. The Balaban J connectivity index is 1.86. The first-order valence-corrected chi connectivity index (χ1v) is 8.43. The van der Waals surface area contributed by atoms with E-state index >= 15 is 0 Å². The SMILES string of the molecule is COc1ccc(NC(=O)c2nn(-c3ccc(C)cc3C)nc2C)cc1Cl. The van der Waals surface area contributed by atoms with Crippen LogP contribution in [0.5, 0.6) is 5.75 Å². The Morgan fingerprint density at radius 1 is 1.12 bits per heavy atom. The van der Waals surface area contributed by atoms with Crippen molar-refractivity contribution in [3.63, 3.8) is 0 Å². The molecule has 6 nitrogen and oxygen atoms in total. The number of carbonyl (C=O) groups excluding carboxylic acids is 1. The lowest BCUT2D eigenvalue weighted by Crippen LogP contribution is -2.14. The van der Waals surface area contributed by atoms with E-state index in [1.807, 2.05) is 32.0 Å². The lowest BCUT2D eigenvalue weighted by atomic mass is 10.1. The summed E-state index contributed by atoms with van der Waals surface area (Å²) in [5.41, 5.74) is 4.39. The number of hydrogen-bond donors (Lipinski definition) is 1. The molecule has 7 heteroatoms. The summed E-state index contributed by atoms with van der Waals surface area (Å²) in [6.45, 7) is 5.76. The average Bonchev–Trinajstić information content (AvgIpc) is 2.96. The fourth-order valence-corrected chi connectivity index (χ4v) is 2.92. The highest BCUT2D eigenvalue weighted by Gasteiger charge is 2.17. The minimum atomic E-state index is -0.347. The summed E-state index contributed by atoms with van der Waals surface area (Å²) in [5.74, 6) is 0.196. The molecule has 0 unspecified atom stereocenters. The van der Waals surface area contributed by atoms with Gasteiger partial charge in [-0.2, -0.15) is 9.90 Å².